The summed E-state index contributed by atoms with van der Waals surface area (Å²) >= 11 is 3.76. The molecule has 0 aliphatic heterocycles. The number of hydrogen-bond acceptors (Lipinski definition) is 7. The van der Waals surface area contributed by atoms with Crippen LogP contribution in [0.25, 0.3) is 0 Å². The summed E-state index contributed by atoms with van der Waals surface area (Å²) in [7, 11) is 0. The fourth-order valence-corrected chi connectivity index (χ4v) is 5.08. The minimum Gasteiger partial charge on any atom is -0.550 e. The molecule has 4 rings (SSSR count). The zero-order valence-electron chi connectivity index (χ0n) is 12.2. The van der Waals surface area contributed by atoms with Crippen LogP contribution in [0.3, 0.4) is 0 Å². The van der Waals surface area contributed by atoms with Gasteiger partial charge in [0.25, 0.3) is 0 Å². The third-order valence-electron chi connectivity index (χ3n) is 5.25. The lowest BCUT2D eigenvalue weighted by Crippen LogP contribution is -2.62. The van der Waals surface area contributed by atoms with Crippen LogP contribution in [0.5, 0.6) is 0 Å². The largest absolute Gasteiger partial charge is 0.550 e. The number of hydrogen-bond donors (Lipinski definition) is 1. The van der Waals surface area contributed by atoms with Crippen molar-refractivity contribution in [3.8, 4) is 0 Å². The normalized spacial score (nSPS) is 38.6. The molecule has 0 aromatic carbocycles. The maximum atomic E-state index is 11.9. The van der Waals surface area contributed by atoms with Gasteiger partial charge in [-0.2, -0.15) is 12.6 Å². The number of carboxylic acid groups (broad SMARTS) is 1. The number of esters is 2. The Hall–Kier alpha value is -1.24. The van der Waals surface area contributed by atoms with Gasteiger partial charge in [-0.3, -0.25) is 4.79 Å². The first kappa shape index (κ1) is 15.6. The minimum absolute atomic E-state index is 0.101. The van der Waals surface area contributed by atoms with Crippen molar-refractivity contribution in [2.24, 2.45) is 17.3 Å². The van der Waals surface area contributed by atoms with Crippen molar-refractivity contribution < 1.29 is 29.0 Å². The molecule has 0 aromatic rings. The van der Waals surface area contributed by atoms with Crippen LogP contribution in [-0.4, -0.2) is 35.9 Å². The Morgan fingerprint density at radius 3 is 2.27 bits per heavy atom. The van der Waals surface area contributed by atoms with Gasteiger partial charge in [0.05, 0.1) is 5.75 Å². The fourth-order valence-electron chi connectivity index (χ4n) is 4.99. The average molecular weight is 327 g/mol. The van der Waals surface area contributed by atoms with Gasteiger partial charge in [0.15, 0.2) is 6.61 Å². The molecule has 0 saturated heterocycles. The van der Waals surface area contributed by atoms with Crippen LogP contribution in [-0.2, 0) is 23.9 Å². The molecular formula is C15H19O6S-. The van der Waals surface area contributed by atoms with Crippen molar-refractivity contribution in [1.82, 2.24) is 0 Å². The number of carboxylic acids is 1. The number of carbonyl (C=O) groups excluding carboxylic acids is 3. The predicted octanol–water partition coefficient (Wildman–Crippen LogP) is 0.0915. The third-order valence-corrected chi connectivity index (χ3v) is 5.51. The minimum atomic E-state index is -1.02. The van der Waals surface area contributed by atoms with E-state index in [4.69, 9.17) is 9.47 Å². The topological polar surface area (TPSA) is 92.7 Å². The average Bonchev–Trinajstić information content (AvgIpc) is 2.42. The van der Waals surface area contributed by atoms with Crippen LogP contribution in [0.1, 0.15) is 38.5 Å². The van der Waals surface area contributed by atoms with Crippen LogP contribution >= 0.6 is 12.6 Å². The van der Waals surface area contributed by atoms with E-state index in [1.807, 2.05) is 0 Å². The van der Waals surface area contributed by atoms with Crippen molar-refractivity contribution in [1.29, 1.82) is 0 Å². The Bertz CT molecular complexity index is 502. The van der Waals surface area contributed by atoms with Crippen LogP contribution in [0.4, 0.5) is 0 Å². The van der Waals surface area contributed by atoms with E-state index in [0.29, 0.717) is 32.1 Å². The molecule has 2 atom stereocenters. The number of ether oxygens (including phenoxy) is 2. The second kappa shape index (κ2) is 5.44. The monoisotopic (exact) mass is 327 g/mol. The standard InChI is InChI=1S/C15H20O6S/c16-11(6-20-12(17)7-22)21-15-4-9-1-10(5-15)3-14(2-9,8-15)13(18)19/h9-10,22H,1-8H2,(H,18,19)/p-1. The SMILES string of the molecule is O=C(CS)OCC(=O)OC12CC3CC(C1)CC(C(=O)[O-])(C3)C2. The summed E-state index contributed by atoms with van der Waals surface area (Å²) in [4.78, 5) is 34.6. The Kier molecular flexibility index (Phi) is 3.87. The third kappa shape index (κ3) is 2.71. The molecule has 4 aliphatic rings. The quantitative estimate of drug-likeness (QED) is 0.568. The van der Waals surface area contributed by atoms with Gasteiger partial charge in [0.2, 0.25) is 0 Å². The first-order chi connectivity index (χ1) is 10.4. The van der Waals surface area contributed by atoms with Gasteiger partial charge in [-0.25, -0.2) is 4.79 Å². The Balaban J connectivity index is 1.69. The van der Waals surface area contributed by atoms with Gasteiger partial charge in [-0.15, -0.1) is 0 Å². The lowest BCUT2D eigenvalue weighted by molar-refractivity contribution is -0.331. The summed E-state index contributed by atoms with van der Waals surface area (Å²) < 4.78 is 10.3. The van der Waals surface area contributed by atoms with Crippen LogP contribution < -0.4 is 5.11 Å². The second-order valence-electron chi connectivity index (χ2n) is 7.00. The molecular weight excluding hydrogens is 308 g/mol. The molecule has 0 amide bonds. The van der Waals surface area contributed by atoms with Crippen molar-refractivity contribution in [3.05, 3.63) is 0 Å². The van der Waals surface area contributed by atoms with Crippen molar-refractivity contribution in [2.75, 3.05) is 12.4 Å². The molecule has 0 N–H and O–H groups in total. The molecule has 4 fully saturated rings. The van der Waals surface area contributed by atoms with Gasteiger partial charge < -0.3 is 19.4 Å². The van der Waals surface area contributed by atoms with Crippen molar-refractivity contribution in [3.63, 3.8) is 0 Å². The summed E-state index contributed by atoms with van der Waals surface area (Å²) in [5.41, 5.74) is -1.58. The van der Waals surface area contributed by atoms with E-state index in [-0.39, 0.29) is 17.6 Å². The van der Waals surface area contributed by atoms with Crippen LogP contribution in [0.2, 0.25) is 0 Å². The van der Waals surface area contributed by atoms with E-state index in [1.165, 1.54) is 0 Å². The van der Waals surface area contributed by atoms with E-state index in [0.717, 1.165) is 6.42 Å². The molecule has 6 nitrogen and oxygen atoms in total. The molecule has 0 heterocycles. The number of rotatable bonds is 5. The molecule has 4 bridgehead atoms. The fraction of sp³-hybridized carbons (Fsp3) is 0.800. The predicted molar refractivity (Wildman–Crippen MR) is 75.8 cm³/mol. The zero-order valence-corrected chi connectivity index (χ0v) is 13.1. The summed E-state index contributed by atoms with van der Waals surface area (Å²) in [6.07, 6.45) is 3.97. The van der Waals surface area contributed by atoms with Crippen molar-refractivity contribution in [2.45, 2.75) is 44.1 Å². The smallest absolute Gasteiger partial charge is 0.344 e. The maximum absolute atomic E-state index is 11.9. The molecule has 2 unspecified atom stereocenters. The summed E-state index contributed by atoms with van der Waals surface area (Å²) in [6.45, 7) is -0.450. The molecule has 4 saturated carbocycles. The van der Waals surface area contributed by atoms with E-state index >= 15 is 0 Å². The highest BCUT2D eigenvalue weighted by atomic mass is 32.1. The van der Waals surface area contributed by atoms with Gasteiger partial charge in [-0.1, -0.05) is 0 Å². The number of aliphatic carboxylic acids is 1. The summed E-state index contributed by atoms with van der Waals surface area (Å²) in [5.74, 6) is -1.79. The van der Waals surface area contributed by atoms with Gasteiger partial charge in [0, 0.05) is 11.4 Å². The molecule has 22 heavy (non-hydrogen) atoms. The highest BCUT2D eigenvalue weighted by molar-refractivity contribution is 7.81. The van der Waals surface area contributed by atoms with Gasteiger partial charge >= 0.3 is 11.9 Å². The highest BCUT2D eigenvalue weighted by Crippen LogP contribution is 2.62. The lowest BCUT2D eigenvalue weighted by atomic mass is 9.48. The molecule has 0 aromatic heterocycles. The second-order valence-corrected chi connectivity index (χ2v) is 7.32. The molecule has 122 valence electrons. The van der Waals surface area contributed by atoms with Crippen LogP contribution in [0.15, 0.2) is 0 Å². The maximum Gasteiger partial charge on any atom is 0.344 e. The van der Waals surface area contributed by atoms with E-state index < -0.39 is 35.5 Å². The lowest BCUT2D eigenvalue weighted by Gasteiger charge is -2.61. The Morgan fingerprint density at radius 1 is 1.09 bits per heavy atom. The van der Waals surface area contributed by atoms with Gasteiger partial charge in [0.1, 0.15) is 5.60 Å². The Labute approximate surface area is 133 Å². The first-order valence-corrected chi connectivity index (χ1v) is 8.19. The summed E-state index contributed by atoms with van der Waals surface area (Å²) in [6, 6.07) is 0. The summed E-state index contributed by atoms with van der Waals surface area (Å²) in [5, 5.41) is 11.6. The van der Waals surface area contributed by atoms with Crippen LogP contribution in [0, 0.1) is 17.3 Å². The molecule has 0 radical (unpaired) electrons. The van der Waals surface area contributed by atoms with Gasteiger partial charge in [-0.05, 0) is 50.4 Å². The number of thiol groups is 1. The van der Waals surface area contributed by atoms with Crippen molar-refractivity contribution >= 4 is 30.5 Å². The Morgan fingerprint density at radius 2 is 1.73 bits per heavy atom. The van der Waals surface area contributed by atoms with E-state index in [2.05, 4.69) is 12.6 Å². The number of carbonyl (C=O) groups is 3. The molecule has 7 heteroatoms. The highest BCUT2D eigenvalue weighted by Gasteiger charge is 2.60. The van der Waals surface area contributed by atoms with E-state index in [9.17, 15) is 19.5 Å². The first-order valence-electron chi connectivity index (χ1n) is 7.56. The molecule has 4 aliphatic carbocycles. The van der Waals surface area contributed by atoms with E-state index in [1.54, 1.807) is 0 Å². The zero-order chi connectivity index (χ0) is 16.0. The molecule has 0 spiro atoms.